The van der Waals surface area contributed by atoms with E-state index in [-0.39, 0.29) is 22.9 Å². The van der Waals surface area contributed by atoms with Gasteiger partial charge in [-0.2, -0.15) is 0 Å². The zero-order valence-electron chi connectivity index (χ0n) is 10.3. The van der Waals surface area contributed by atoms with Crippen LogP contribution in [0, 0.1) is 0 Å². The fourth-order valence-corrected chi connectivity index (χ4v) is 2.62. The molecule has 6 heteroatoms. The topological polar surface area (TPSA) is 87.1 Å². The van der Waals surface area contributed by atoms with Crippen molar-refractivity contribution in [2.45, 2.75) is 18.9 Å². The van der Waals surface area contributed by atoms with Crippen LogP contribution in [0.1, 0.15) is 18.9 Å². The number of rotatable bonds is 1. The van der Waals surface area contributed by atoms with Crippen molar-refractivity contribution in [2.24, 2.45) is 0 Å². The molecule has 6 nitrogen and oxygen atoms in total. The Kier molecular flexibility index (Phi) is 2.87. The average molecular weight is 261 g/mol. The van der Waals surface area contributed by atoms with Crippen LogP contribution in [0.2, 0.25) is 0 Å². The fourth-order valence-electron chi connectivity index (χ4n) is 2.62. The van der Waals surface area contributed by atoms with Crippen molar-refractivity contribution in [3.8, 4) is 5.75 Å². The molecule has 1 atom stereocenters. The molecule has 19 heavy (non-hydrogen) atoms. The van der Waals surface area contributed by atoms with Gasteiger partial charge in [-0.15, -0.1) is 0 Å². The van der Waals surface area contributed by atoms with E-state index in [0.717, 1.165) is 19.4 Å². The second-order valence-corrected chi connectivity index (χ2v) is 4.81. The third-order valence-corrected chi connectivity index (χ3v) is 3.58. The molecule has 1 aliphatic rings. The molecule has 1 aromatic heterocycles. The minimum Gasteiger partial charge on any atom is -0.506 e. The van der Waals surface area contributed by atoms with Crippen LogP contribution in [0.25, 0.3) is 10.9 Å². The van der Waals surface area contributed by atoms with Gasteiger partial charge in [-0.3, -0.25) is 9.36 Å². The molecule has 1 unspecified atom stereocenters. The van der Waals surface area contributed by atoms with Crippen LogP contribution < -0.4 is 16.6 Å². The Hall–Kier alpha value is -2.08. The highest BCUT2D eigenvalue weighted by Gasteiger charge is 2.20. The van der Waals surface area contributed by atoms with Gasteiger partial charge < -0.3 is 15.4 Å². The molecular weight excluding hydrogens is 246 g/mol. The van der Waals surface area contributed by atoms with E-state index in [9.17, 15) is 14.7 Å². The number of phenolic OH excluding ortho intramolecular Hbond substituents is 1. The number of para-hydroxylation sites is 1. The van der Waals surface area contributed by atoms with Gasteiger partial charge in [0.2, 0.25) is 0 Å². The van der Waals surface area contributed by atoms with Crippen molar-refractivity contribution in [1.29, 1.82) is 0 Å². The quantitative estimate of drug-likeness (QED) is 0.690. The van der Waals surface area contributed by atoms with Gasteiger partial charge >= 0.3 is 5.69 Å². The SMILES string of the molecule is O=c1[nH]c2c(O)cccc2c(=O)n1C1CCCNC1. The van der Waals surface area contributed by atoms with E-state index < -0.39 is 5.69 Å². The summed E-state index contributed by atoms with van der Waals surface area (Å²) in [6.45, 7) is 1.53. The zero-order valence-corrected chi connectivity index (χ0v) is 10.3. The van der Waals surface area contributed by atoms with Gasteiger partial charge in [0, 0.05) is 6.54 Å². The first-order valence-corrected chi connectivity index (χ1v) is 6.35. The molecule has 1 aromatic carbocycles. The van der Waals surface area contributed by atoms with Crippen LogP contribution in [-0.2, 0) is 0 Å². The normalized spacial score (nSPS) is 19.7. The lowest BCUT2D eigenvalue weighted by molar-refractivity contribution is 0.355. The Labute approximate surface area is 108 Å². The van der Waals surface area contributed by atoms with E-state index in [1.165, 1.54) is 10.6 Å². The second-order valence-electron chi connectivity index (χ2n) is 4.81. The number of piperidine rings is 1. The summed E-state index contributed by atoms with van der Waals surface area (Å²) in [6, 6.07) is 4.53. The average Bonchev–Trinajstić information content (AvgIpc) is 2.41. The number of phenols is 1. The van der Waals surface area contributed by atoms with Crippen molar-refractivity contribution in [1.82, 2.24) is 14.9 Å². The first kappa shape index (κ1) is 12.0. The summed E-state index contributed by atoms with van der Waals surface area (Å²) in [7, 11) is 0. The highest BCUT2D eigenvalue weighted by Crippen LogP contribution is 2.19. The van der Waals surface area contributed by atoms with Gasteiger partial charge in [-0.25, -0.2) is 4.79 Å². The molecule has 0 bridgehead atoms. The number of hydrogen-bond donors (Lipinski definition) is 3. The standard InChI is InChI=1S/C13H15N3O3/c17-10-5-1-4-9-11(10)15-13(19)16(12(9)18)8-3-2-6-14-7-8/h1,4-5,8,14,17H,2-3,6-7H2,(H,15,19). The predicted octanol–water partition coefficient (Wildman–Crippen LogP) is 0.320. The smallest absolute Gasteiger partial charge is 0.329 e. The van der Waals surface area contributed by atoms with Gasteiger partial charge in [0.15, 0.2) is 0 Å². The maximum Gasteiger partial charge on any atom is 0.329 e. The number of aromatic nitrogens is 2. The van der Waals surface area contributed by atoms with Gasteiger partial charge in [0.05, 0.1) is 16.9 Å². The summed E-state index contributed by atoms with van der Waals surface area (Å²) in [4.78, 5) is 27.1. The van der Waals surface area contributed by atoms with E-state index in [4.69, 9.17) is 0 Å². The summed E-state index contributed by atoms with van der Waals surface area (Å²) >= 11 is 0. The van der Waals surface area contributed by atoms with Gasteiger partial charge in [-0.1, -0.05) is 6.07 Å². The largest absolute Gasteiger partial charge is 0.506 e. The Morgan fingerprint density at radius 1 is 1.32 bits per heavy atom. The Bertz CT molecular complexity index is 726. The second kappa shape index (κ2) is 4.55. The Morgan fingerprint density at radius 3 is 2.89 bits per heavy atom. The first-order valence-electron chi connectivity index (χ1n) is 6.35. The molecule has 2 aromatic rings. The lowest BCUT2D eigenvalue weighted by Gasteiger charge is -2.24. The van der Waals surface area contributed by atoms with Crippen LogP contribution in [0.3, 0.4) is 0 Å². The van der Waals surface area contributed by atoms with Crippen LogP contribution in [0.4, 0.5) is 0 Å². The molecule has 3 N–H and O–H groups in total. The van der Waals surface area contributed by atoms with E-state index >= 15 is 0 Å². The molecule has 100 valence electrons. The number of benzene rings is 1. The van der Waals surface area contributed by atoms with Gasteiger partial charge in [0.1, 0.15) is 5.75 Å². The van der Waals surface area contributed by atoms with Crippen molar-refractivity contribution in [3.05, 3.63) is 39.0 Å². The lowest BCUT2D eigenvalue weighted by atomic mass is 10.1. The van der Waals surface area contributed by atoms with Crippen LogP contribution in [0.5, 0.6) is 5.75 Å². The molecule has 1 saturated heterocycles. The zero-order chi connectivity index (χ0) is 13.4. The molecule has 1 aliphatic heterocycles. The number of nitrogens with zero attached hydrogens (tertiary/aromatic N) is 1. The van der Waals surface area contributed by atoms with E-state index in [1.54, 1.807) is 12.1 Å². The highest BCUT2D eigenvalue weighted by atomic mass is 16.3. The van der Waals surface area contributed by atoms with Crippen molar-refractivity contribution < 1.29 is 5.11 Å². The predicted molar refractivity (Wildman–Crippen MR) is 71.6 cm³/mol. The van der Waals surface area contributed by atoms with Crippen molar-refractivity contribution >= 4 is 10.9 Å². The third-order valence-electron chi connectivity index (χ3n) is 3.58. The number of nitrogens with one attached hydrogen (secondary N) is 2. The fraction of sp³-hybridized carbons (Fsp3) is 0.385. The monoisotopic (exact) mass is 261 g/mol. The number of hydrogen-bond acceptors (Lipinski definition) is 4. The van der Waals surface area contributed by atoms with Gasteiger partial charge in [-0.05, 0) is 31.5 Å². The first-order chi connectivity index (χ1) is 9.18. The summed E-state index contributed by atoms with van der Waals surface area (Å²) in [6.07, 6.45) is 1.74. The van der Waals surface area contributed by atoms with Crippen LogP contribution in [0.15, 0.2) is 27.8 Å². The maximum absolute atomic E-state index is 12.4. The number of aromatic amines is 1. The number of aromatic hydroxyl groups is 1. The third kappa shape index (κ3) is 1.94. The molecule has 0 spiro atoms. The van der Waals surface area contributed by atoms with Crippen molar-refractivity contribution in [3.63, 3.8) is 0 Å². The molecule has 0 aliphatic carbocycles. The van der Waals surface area contributed by atoms with Crippen LogP contribution in [-0.4, -0.2) is 27.7 Å². The highest BCUT2D eigenvalue weighted by molar-refractivity contribution is 5.82. The number of H-pyrrole nitrogens is 1. The number of fused-ring (bicyclic) bond motifs is 1. The van der Waals surface area contributed by atoms with Gasteiger partial charge in [0.25, 0.3) is 5.56 Å². The molecule has 0 saturated carbocycles. The van der Waals surface area contributed by atoms with E-state index in [0.29, 0.717) is 11.9 Å². The van der Waals surface area contributed by atoms with E-state index in [1.807, 2.05) is 0 Å². The Morgan fingerprint density at radius 2 is 2.16 bits per heavy atom. The summed E-state index contributed by atoms with van der Waals surface area (Å²) in [5.41, 5.74) is -0.603. The molecular formula is C13H15N3O3. The molecule has 0 amide bonds. The van der Waals surface area contributed by atoms with Crippen LogP contribution >= 0.6 is 0 Å². The summed E-state index contributed by atoms with van der Waals surface area (Å²) in [5.74, 6) is -0.0828. The molecule has 2 heterocycles. The maximum atomic E-state index is 12.4. The Balaban J connectivity index is 2.26. The molecule has 3 rings (SSSR count). The van der Waals surface area contributed by atoms with Crippen molar-refractivity contribution in [2.75, 3.05) is 13.1 Å². The molecule has 0 radical (unpaired) electrons. The minimum atomic E-state index is -0.465. The molecule has 1 fully saturated rings. The lowest BCUT2D eigenvalue weighted by Crippen LogP contribution is -2.43. The summed E-state index contributed by atoms with van der Waals surface area (Å²) < 4.78 is 1.26. The minimum absolute atomic E-state index is 0.0828. The van der Waals surface area contributed by atoms with E-state index in [2.05, 4.69) is 10.3 Å². The summed E-state index contributed by atoms with van der Waals surface area (Å²) in [5, 5.41) is 13.2.